The monoisotopic (exact) mass is 435 g/mol. The van der Waals surface area contributed by atoms with Crippen LogP contribution < -0.4 is 10.6 Å². The number of aliphatic hydroxyl groups excluding tert-OH is 1. The van der Waals surface area contributed by atoms with E-state index in [2.05, 4.69) is 16.8 Å². The molecule has 2 aromatic rings. The minimum Gasteiger partial charge on any atom is -0.390 e. The van der Waals surface area contributed by atoms with E-state index in [0.29, 0.717) is 22.0 Å². The van der Waals surface area contributed by atoms with Crippen molar-refractivity contribution in [3.05, 3.63) is 33.8 Å². The Balaban J connectivity index is 1.64. The molecule has 156 valence electrons. The molecule has 1 saturated heterocycles. The summed E-state index contributed by atoms with van der Waals surface area (Å²) >= 11 is 12.4. The molecule has 1 aliphatic carbocycles. The molecule has 29 heavy (non-hydrogen) atoms. The van der Waals surface area contributed by atoms with Gasteiger partial charge in [-0.05, 0) is 56.9 Å². The third kappa shape index (κ3) is 3.72. The van der Waals surface area contributed by atoms with Gasteiger partial charge in [0.25, 0.3) is 0 Å². The Hall–Kier alpha value is -1.47. The second-order valence-electron chi connectivity index (χ2n) is 8.33. The molecular weight excluding hydrogens is 409 g/mol. The highest BCUT2D eigenvalue weighted by Gasteiger charge is 2.49. The molecule has 1 atom stereocenters. The van der Waals surface area contributed by atoms with Gasteiger partial charge in [-0.1, -0.05) is 23.2 Å². The van der Waals surface area contributed by atoms with E-state index >= 15 is 0 Å². The minimum atomic E-state index is -0.191. The normalized spacial score (nSPS) is 20.0. The number of piperidine rings is 1. The SMILES string of the molecule is Cc1nc(N2CCC(C(C)N)(C3CC3)CC2)c(CO)nc1-c1ccnc(Cl)c1Cl. The number of rotatable bonds is 5. The molecule has 0 amide bonds. The molecule has 2 aliphatic rings. The van der Waals surface area contributed by atoms with E-state index in [9.17, 15) is 5.11 Å². The molecule has 2 fully saturated rings. The number of hydrogen-bond acceptors (Lipinski definition) is 6. The average Bonchev–Trinajstić information content (AvgIpc) is 3.56. The highest BCUT2D eigenvalue weighted by molar-refractivity contribution is 6.42. The maximum atomic E-state index is 10.0. The Bertz CT molecular complexity index is 904. The van der Waals surface area contributed by atoms with Gasteiger partial charge in [0.15, 0.2) is 5.82 Å². The van der Waals surface area contributed by atoms with Gasteiger partial charge in [0.05, 0.1) is 23.0 Å². The van der Waals surface area contributed by atoms with Crippen molar-refractivity contribution in [3.8, 4) is 11.3 Å². The molecule has 8 heteroatoms. The van der Waals surface area contributed by atoms with Crippen LogP contribution in [0.5, 0.6) is 0 Å². The van der Waals surface area contributed by atoms with Gasteiger partial charge in [0.2, 0.25) is 0 Å². The molecule has 1 saturated carbocycles. The first-order valence-electron chi connectivity index (χ1n) is 10.2. The third-order valence-electron chi connectivity index (χ3n) is 6.66. The van der Waals surface area contributed by atoms with Crippen LogP contribution in [0.25, 0.3) is 11.3 Å². The summed E-state index contributed by atoms with van der Waals surface area (Å²) in [5, 5.41) is 10.6. The van der Waals surface area contributed by atoms with Crippen LogP contribution in [0.15, 0.2) is 12.3 Å². The van der Waals surface area contributed by atoms with Crippen molar-refractivity contribution in [1.29, 1.82) is 0 Å². The lowest BCUT2D eigenvalue weighted by Gasteiger charge is -2.45. The van der Waals surface area contributed by atoms with Gasteiger partial charge in [-0.2, -0.15) is 0 Å². The van der Waals surface area contributed by atoms with Crippen molar-refractivity contribution in [2.24, 2.45) is 17.1 Å². The first-order chi connectivity index (χ1) is 13.9. The second-order valence-corrected chi connectivity index (χ2v) is 9.07. The molecule has 2 aromatic heterocycles. The van der Waals surface area contributed by atoms with Gasteiger partial charge >= 0.3 is 0 Å². The summed E-state index contributed by atoms with van der Waals surface area (Å²) in [6.45, 7) is 5.61. The zero-order valence-corrected chi connectivity index (χ0v) is 18.3. The average molecular weight is 436 g/mol. The molecule has 0 bridgehead atoms. The van der Waals surface area contributed by atoms with Crippen molar-refractivity contribution in [2.45, 2.75) is 52.2 Å². The first-order valence-corrected chi connectivity index (χ1v) is 10.9. The van der Waals surface area contributed by atoms with Crippen LogP contribution in [0, 0.1) is 18.3 Å². The fourth-order valence-corrected chi connectivity index (χ4v) is 5.15. The largest absolute Gasteiger partial charge is 0.390 e. The molecular formula is C21H27Cl2N5O. The van der Waals surface area contributed by atoms with Crippen molar-refractivity contribution in [1.82, 2.24) is 15.0 Å². The predicted molar refractivity (Wildman–Crippen MR) is 116 cm³/mol. The van der Waals surface area contributed by atoms with Crippen LogP contribution in [0.2, 0.25) is 10.2 Å². The Labute approximate surface area is 181 Å². The Morgan fingerprint density at radius 3 is 2.55 bits per heavy atom. The summed E-state index contributed by atoms with van der Waals surface area (Å²) in [6, 6.07) is 1.96. The summed E-state index contributed by atoms with van der Waals surface area (Å²) in [7, 11) is 0. The molecule has 6 nitrogen and oxygen atoms in total. The van der Waals surface area contributed by atoms with Gasteiger partial charge in [0.1, 0.15) is 10.8 Å². The van der Waals surface area contributed by atoms with Gasteiger partial charge in [0, 0.05) is 30.9 Å². The zero-order valence-electron chi connectivity index (χ0n) is 16.8. The van der Waals surface area contributed by atoms with Crippen LogP contribution in [0.3, 0.4) is 0 Å². The van der Waals surface area contributed by atoms with Gasteiger partial charge in [-0.3, -0.25) is 0 Å². The summed E-state index contributed by atoms with van der Waals surface area (Å²) in [4.78, 5) is 15.8. The predicted octanol–water partition coefficient (Wildman–Crippen LogP) is 3.99. The number of aromatic nitrogens is 3. The van der Waals surface area contributed by atoms with E-state index in [0.717, 1.165) is 43.4 Å². The molecule has 3 N–H and O–H groups in total. The van der Waals surface area contributed by atoms with Gasteiger partial charge in [-0.15, -0.1) is 0 Å². The minimum absolute atomic E-state index is 0.191. The van der Waals surface area contributed by atoms with E-state index in [-0.39, 0.29) is 23.2 Å². The highest BCUT2D eigenvalue weighted by Crippen LogP contribution is 2.53. The fourth-order valence-electron chi connectivity index (χ4n) is 4.79. The lowest BCUT2D eigenvalue weighted by atomic mass is 9.69. The van der Waals surface area contributed by atoms with Crippen molar-refractivity contribution in [2.75, 3.05) is 18.0 Å². The van der Waals surface area contributed by atoms with Crippen LogP contribution in [-0.2, 0) is 6.61 Å². The molecule has 0 radical (unpaired) electrons. The van der Waals surface area contributed by atoms with Crippen LogP contribution >= 0.6 is 23.2 Å². The number of anilines is 1. The van der Waals surface area contributed by atoms with Crippen LogP contribution in [0.1, 0.15) is 44.0 Å². The number of nitrogens with zero attached hydrogens (tertiary/aromatic N) is 4. The molecule has 3 heterocycles. The number of pyridine rings is 1. The van der Waals surface area contributed by atoms with E-state index in [1.54, 1.807) is 12.3 Å². The second kappa shape index (κ2) is 7.99. The first kappa shape index (κ1) is 20.8. The van der Waals surface area contributed by atoms with Crippen LogP contribution in [0.4, 0.5) is 5.82 Å². The molecule has 4 rings (SSSR count). The molecule has 1 aliphatic heterocycles. The summed E-state index contributed by atoms with van der Waals surface area (Å²) < 4.78 is 0. The van der Waals surface area contributed by atoms with Crippen LogP contribution in [-0.4, -0.2) is 39.2 Å². The zero-order chi connectivity index (χ0) is 20.8. The smallest absolute Gasteiger partial charge is 0.153 e. The van der Waals surface area contributed by atoms with E-state index in [1.807, 2.05) is 6.92 Å². The Morgan fingerprint density at radius 2 is 1.97 bits per heavy atom. The lowest BCUT2D eigenvalue weighted by molar-refractivity contribution is 0.142. The van der Waals surface area contributed by atoms with E-state index < -0.39 is 0 Å². The number of nitrogens with two attached hydrogens (primary N) is 1. The quantitative estimate of drug-likeness (QED) is 0.690. The molecule has 0 spiro atoms. The highest BCUT2D eigenvalue weighted by atomic mass is 35.5. The van der Waals surface area contributed by atoms with Gasteiger partial charge in [-0.25, -0.2) is 15.0 Å². The molecule has 1 unspecified atom stereocenters. The standard InChI is InChI=1S/C21H27Cl2N5O/c1-12-18(15-5-8-25-19(23)17(15)22)27-16(11-29)20(26-12)28-9-6-21(7-10-28,13(2)24)14-3-4-14/h5,8,13-14,29H,3-4,6-7,9-11,24H2,1-2H3. The number of aliphatic hydroxyl groups is 1. The van der Waals surface area contributed by atoms with Crippen molar-refractivity contribution in [3.63, 3.8) is 0 Å². The van der Waals surface area contributed by atoms with Crippen molar-refractivity contribution < 1.29 is 5.11 Å². The lowest BCUT2D eigenvalue weighted by Crippen LogP contribution is -2.50. The summed E-state index contributed by atoms with van der Waals surface area (Å²) in [5.41, 5.74) is 9.22. The topological polar surface area (TPSA) is 88.2 Å². The number of aryl methyl sites for hydroxylation is 1. The number of halogens is 2. The Kier molecular flexibility index (Phi) is 5.73. The third-order valence-corrected chi connectivity index (χ3v) is 7.43. The Morgan fingerprint density at radius 1 is 1.28 bits per heavy atom. The maximum absolute atomic E-state index is 10.0. The van der Waals surface area contributed by atoms with Crippen molar-refractivity contribution >= 4 is 29.0 Å². The van der Waals surface area contributed by atoms with Gasteiger partial charge < -0.3 is 15.7 Å². The molecule has 0 aromatic carbocycles. The van der Waals surface area contributed by atoms with E-state index in [4.69, 9.17) is 38.9 Å². The maximum Gasteiger partial charge on any atom is 0.153 e. The fraction of sp³-hybridized carbons (Fsp3) is 0.571. The van der Waals surface area contributed by atoms with E-state index in [1.165, 1.54) is 12.8 Å². The summed E-state index contributed by atoms with van der Waals surface area (Å²) in [5.74, 6) is 1.51. The summed E-state index contributed by atoms with van der Waals surface area (Å²) in [6.07, 6.45) is 6.29. The number of hydrogen-bond donors (Lipinski definition) is 2.